The van der Waals surface area contributed by atoms with Crippen LogP contribution in [0.1, 0.15) is 5.56 Å². The summed E-state index contributed by atoms with van der Waals surface area (Å²) in [5.41, 5.74) is 1.63. The zero-order chi connectivity index (χ0) is 21.1. The van der Waals surface area contributed by atoms with Gasteiger partial charge in [-0.25, -0.2) is 9.79 Å². The lowest BCUT2D eigenvalue weighted by Gasteiger charge is -2.40. The van der Waals surface area contributed by atoms with Crippen LogP contribution in [0.3, 0.4) is 0 Å². The Bertz CT molecular complexity index is 965. The van der Waals surface area contributed by atoms with Crippen molar-refractivity contribution >= 4 is 29.1 Å². The van der Waals surface area contributed by atoms with Gasteiger partial charge in [-0.3, -0.25) is 4.90 Å². The number of nitrogens with zero attached hydrogens (tertiary/aromatic N) is 3. The fraction of sp³-hybridized carbons (Fsp3) is 0.364. The molecular weight excluding hydrogens is 406 g/mol. The number of hydrogen-bond acceptors (Lipinski definition) is 7. The Labute approximate surface area is 180 Å². The number of para-hydroxylation sites is 1. The van der Waals surface area contributed by atoms with E-state index in [1.807, 2.05) is 36.4 Å². The van der Waals surface area contributed by atoms with Gasteiger partial charge in [0.05, 0.1) is 25.3 Å². The lowest BCUT2D eigenvalue weighted by molar-refractivity contribution is -0.146. The molecule has 0 bridgehead atoms. The van der Waals surface area contributed by atoms with Gasteiger partial charge in [-0.15, -0.1) is 0 Å². The van der Waals surface area contributed by atoms with E-state index in [1.165, 1.54) is 7.11 Å². The number of carbonyl (C=O) groups is 1. The number of amidine groups is 1. The number of benzene rings is 2. The number of ether oxygens (including phenoxy) is 3. The number of methoxy groups -OCH3 is 1. The van der Waals surface area contributed by atoms with E-state index in [0.717, 1.165) is 30.2 Å². The van der Waals surface area contributed by atoms with Crippen molar-refractivity contribution < 1.29 is 19.0 Å². The summed E-state index contributed by atoms with van der Waals surface area (Å²) in [4.78, 5) is 20.8. The minimum Gasteiger partial charge on any atom is -0.467 e. The van der Waals surface area contributed by atoms with Crippen molar-refractivity contribution in [1.29, 1.82) is 0 Å². The van der Waals surface area contributed by atoms with Crippen molar-refractivity contribution in [2.24, 2.45) is 4.99 Å². The van der Waals surface area contributed by atoms with E-state index in [9.17, 15) is 4.79 Å². The monoisotopic (exact) mass is 429 g/mol. The Morgan fingerprint density at radius 2 is 2.07 bits per heavy atom. The van der Waals surface area contributed by atoms with Crippen LogP contribution in [-0.4, -0.2) is 74.7 Å². The predicted octanol–water partition coefficient (Wildman–Crippen LogP) is 3.33. The van der Waals surface area contributed by atoms with Gasteiger partial charge in [0.1, 0.15) is 23.9 Å². The van der Waals surface area contributed by atoms with E-state index in [-0.39, 0.29) is 18.6 Å². The van der Waals surface area contributed by atoms with Crippen LogP contribution in [-0.2, 0) is 14.3 Å². The van der Waals surface area contributed by atoms with Crippen LogP contribution in [0.2, 0.25) is 5.02 Å². The first kappa shape index (κ1) is 20.7. The fourth-order valence-corrected chi connectivity index (χ4v) is 3.76. The molecule has 2 aliphatic heterocycles. The second-order valence-corrected chi connectivity index (χ2v) is 7.75. The number of carbonyl (C=O) groups excluding carboxylic acids is 1. The van der Waals surface area contributed by atoms with Crippen molar-refractivity contribution in [3.05, 3.63) is 53.1 Å². The third kappa shape index (κ3) is 4.43. The molecule has 7 nitrogen and oxygen atoms in total. The molecule has 0 aliphatic carbocycles. The van der Waals surface area contributed by atoms with E-state index in [2.05, 4.69) is 21.6 Å². The number of aliphatic imine (C=N–C) groups is 1. The molecule has 2 heterocycles. The summed E-state index contributed by atoms with van der Waals surface area (Å²) < 4.78 is 16.4. The number of likely N-dealkylation sites (N-methyl/N-ethyl adjacent to an activating group) is 1. The molecule has 0 radical (unpaired) electrons. The lowest BCUT2D eigenvalue weighted by atomic mass is 10.1. The Kier molecular flexibility index (Phi) is 6.22. The number of rotatable bonds is 4. The molecule has 1 atom stereocenters. The number of piperazine rings is 1. The highest BCUT2D eigenvalue weighted by Gasteiger charge is 2.30. The number of fused-ring (bicyclic) bond motifs is 2. The number of esters is 1. The molecule has 0 N–H and O–H groups in total. The molecule has 1 unspecified atom stereocenters. The third-order valence-corrected chi connectivity index (χ3v) is 5.56. The molecule has 158 valence electrons. The molecule has 4 rings (SSSR count). The van der Waals surface area contributed by atoms with Crippen LogP contribution >= 0.6 is 11.6 Å². The Morgan fingerprint density at radius 3 is 2.90 bits per heavy atom. The standard InChI is InChI=1S/C22H24ClN3O4/c1-25-9-10-26(12-16(25)13-29-14-21(27)28-2)22-17-5-3-4-6-19(17)30-20-8-7-15(23)11-18(20)24-22/h3-8,11,16H,9-10,12-14H2,1-2H3. The van der Waals surface area contributed by atoms with E-state index < -0.39 is 0 Å². The molecule has 2 aliphatic rings. The van der Waals surface area contributed by atoms with Crippen LogP contribution in [0.5, 0.6) is 11.5 Å². The zero-order valence-corrected chi connectivity index (χ0v) is 17.8. The van der Waals surface area contributed by atoms with Crippen molar-refractivity contribution in [1.82, 2.24) is 9.80 Å². The van der Waals surface area contributed by atoms with Crippen molar-refractivity contribution in [3.8, 4) is 11.5 Å². The van der Waals surface area contributed by atoms with E-state index in [1.54, 1.807) is 6.07 Å². The first-order chi connectivity index (χ1) is 14.5. The highest BCUT2D eigenvalue weighted by Crippen LogP contribution is 2.39. The molecule has 1 fully saturated rings. The van der Waals surface area contributed by atoms with E-state index in [4.69, 9.17) is 26.1 Å². The van der Waals surface area contributed by atoms with Gasteiger partial charge in [-0.2, -0.15) is 0 Å². The summed E-state index contributed by atoms with van der Waals surface area (Å²) >= 11 is 6.21. The maximum absolute atomic E-state index is 11.4. The summed E-state index contributed by atoms with van der Waals surface area (Å²) in [6, 6.07) is 13.5. The molecule has 0 aromatic heterocycles. The van der Waals surface area contributed by atoms with Gasteiger partial charge in [0.15, 0.2) is 5.75 Å². The maximum Gasteiger partial charge on any atom is 0.331 e. The quantitative estimate of drug-likeness (QED) is 0.695. The average Bonchev–Trinajstić information content (AvgIpc) is 2.91. The Hall–Kier alpha value is -2.61. The first-order valence-electron chi connectivity index (χ1n) is 9.80. The highest BCUT2D eigenvalue weighted by atomic mass is 35.5. The van der Waals surface area contributed by atoms with Crippen molar-refractivity contribution in [3.63, 3.8) is 0 Å². The molecule has 0 spiro atoms. The van der Waals surface area contributed by atoms with Crippen LogP contribution in [0.15, 0.2) is 47.5 Å². The molecule has 8 heteroatoms. The fourth-order valence-electron chi connectivity index (χ4n) is 3.59. The van der Waals surface area contributed by atoms with Crippen LogP contribution < -0.4 is 4.74 Å². The summed E-state index contributed by atoms with van der Waals surface area (Å²) in [5, 5.41) is 0.610. The Morgan fingerprint density at radius 1 is 1.23 bits per heavy atom. The minimum atomic E-state index is -0.377. The first-order valence-corrected chi connectivity index (χ1v) is 10.2. The highest BCUT2D eigenvalue weighted by molar-refractivity contribution is 6.31. The topological polar surface area (TPSA) is 63.6 Å². The summed E-state index contributed by atoms with van der Waals surface area (Å²) in [5.74, 6) is 1.90. The van der Waals surface area contributed by atoms with Gasteiger partial charge in [0.25, 0.3) is 0 Å². The number of hydrogen-bond donors (Lipinski definition) is 0. The minimum absolute atomic E-state index is 0.0513. The molecule has 0 amide bonds. The van der Waals surface area contributed by atoms with Crippen molar-refractivity contribution in [2.45, 2.75) is 6.04 Å². The molecule has 2 aromatic carbocycles. The Balaban J connectivity index is 1.61. The van der Waals surface area contributed by atoms with Gasteiger partial charge in [-0.1, -0.05) is 23.7 Å². The van der Waals surface area contributed by atoms with Gasteiger partial charge < -0.3 is 19.1 Å². The third-order valence-electron chi connectivity index (χ3n) is 5.33. The molecular formula is C22H24ClN3O4. The van der Waals surface area contributed by atoms with Crippen molar-refractivity contribution in [2.75, 3.05) is 47.0 Å². The SMILES string of the molecule is COC(=O)COCC1CN(C2=Nc3cc(Cl)ccc3Oc3ccccc32)CCN1C. The zero-order valence-electron chi connectivity index (χ0n) is 17.0. The summed E-state index contributed by atoms with van der Waals surface area (Å²) in [6.07, 6.45) is 0. The molecule has 0 saturated carbocycles. The summed E-state index contributed by atoms with van der Waals surface area (Å²) in [6.45, 7) is 2.74. The average molecular weight is 430 g/mol. The van der Waals surface area contributed by atoms with Crippen LogP contribution in [0.25, 0.3) is 0 Å². The lowest BCUT2D eigenvalue weighted by Crippen LogP contribution is -2.55. The van der Waals surface area contributed by atoms with Gasteiger partial charge in [0.2, 0.25) is 0 Å². The molecule has 2 aromatic rings. The van der Waals surface area contributed by atoms with Gasteiger partial charge >= 0.3 is 5.97 Å². The van der Waals surface area contributed by atoms with Crippen LogP contribution in [0, 0.1) is 0 Å². The number of halogens is 1. The second kappa shape index (κ2) is 9.04. The molecule has 1 saturated heterocycles. The van der Waals surface area contributed by atoms with Gasteiger partial charge in [-0.05, 0) is 37.4 Å². The predicted molar refractivity (Wildman–Crippen MR) is 115 cm³/mol. The van der Waals surface area contributed by atoms with Crippen LogP contribution in [0.4, 0.5) is 5.69 Å². The molecule has 30 heavy (non-hydrogen) atoms. The van der Waals surface area contributed by atoms with E-state index in [0.29, 0.717) is 29.6 Å². The largest absolute Gasteiger partial charge is 0.467 e. The van der Waals surface area contributed by atoms with Gasteiger partial charge in [0, 0.05) is 24.7 Å². The summed E-state index contributed by atoms with van der Waals surface area (Å²) in [7, 11) is 3.42. The maximum atomic E-state index is 11.4. The second-order valence-electron chi connectivity index (χ2n) is 7.32. The van der Waals surface area contributed by atoms with E-state index >= 15 is 0 Å². The smallest absolute Gasteiger partial charge is 0.331 e. The normalized spacial score (nSPS) is 18.6.